The molecule has 0 spiro atoms. The second-order valence-corrected chi connectivity index (χ2v) is 19.0. The maximum Gasteiger partial charge on any atom is 0.331 e. The Labute approximate surface area is 374 Å². The molecule has 360 valence electrons. The molecule has 0 radical (unpaired) electrons. The van der Waals surface area contributed by atoms with Crippen LogP contribution in [0.15, 0.2) is 48.6 Å². The predicted octanol–water partition coefficient (Wildman–Crippen LogP) is 4.24. The van der Waals surface area contributed by atoms with Crippen LogP contribution in [0.4, 0.5) is 0 Å². The van der Waals surface area contributed by atoms with Crippen LogP contribution in [-0.4, -0.2) is 133 Å². The van der Waals surface area contributed by atoms with Crippen LogP contribution in [0.1, 0.15) is 108 Å². The summed E-state index contributed by atoms with van der Waals surface area (Å²) in [5.41, 5.74) is 0. The van der Waals surface area contributed by atoms with E-state index in [2.05, 4.69) is 0 Å². The van der Waals surface area contributed by atoms with Crippen molar-refractivity contribution in [2.75, 3.05) is 0 Å². The fourth-order valence-electron chi connectivity index (χ4n) is 10.2. The van der Waals surface area contributed by atoms with E-state index in [-0.39, 0.29) is 31.1 Å². The van der Waals surface area contributed by atoms with Crippen molar-refractivity contribution in [2.45, 2.75) is 193 Å². The number of carbonyl (C=O) groups is 2. The van der Waals surface area contributed by atoms with Crippen LogP contribution in [0.2, 0.25) is 0 Å². The molecule has 0 aliphatic carbocycles. The molecule has 15 nitrogen and oxygen atoms in total. The number of esters is 2. The number of ether oxygens (including phenoxy) is 6. The largest absolute Gasteiger partial charge is 0.458 e. The maximum absolute atomic E-state index is 13.4. The highest BCUT2D eigenvalue weighted by molar-refractivity contribution is 5.83. The smallest absolute Gasteiger partial charge is 0.331 e. The first-order valence-electron chi connectivity index (χ1n) is 23.1. The van der Waals surface area contributed by atoms with Gasteiger partial charge in [-0.2, -0.15) is 0 Å². The Morgan fingerprint density at radius 2 is 1.11 bits per heavy atom. The molecule has 7 N–H and O–H groups in total. The van der Waals surface area contributed by atoms with Gasteiger partial charge in [-0.15, -0.1) is 0 Å². The first kappa shape index (κ1) is 53.1. The van der Waals surface area contributed by atoms with E-state index in [0.29, 0.717) is 12.8 Å². The summed E-state index contributed by atoms with van der Waals surface area (Å²) in [4.78, 5) is 26.7. The van der Waals surface area contributed by atoms with Crippen molar-refractivity contribution in [1.82, 2.24) is 0 Å². The zero-order valence-electron chi connectivity index (χ0n) is 39.1. The van der Waals surface area contributed by atoms with Gasteiger partial charge < -0.3 is 64.2 Å². The van der Waals surface area contributed by atoms with Crippen molar-refractivity contribution in [3.05, 3.63) is 48.6 Å². The van der Waals surface area contributed by atoms with E-state index in [1.165, 1.54) is 24.3 Å². The van der Waals surface area contributed by atoms with Crippen LogP contribution in [0.5, 0.6) is 0 Å². The lowest BCUT2D eigenvalue weighted by Crippen LogP contribution is -2.59. The lowest BCUT2D eigenvalue weighted by atomic mass is 9.76. The average Bonchev–Trinajstić information content (AvgIpc) is 3.21. The highest BCUT2D eigenvalue weighted by Crippen LogP contribution is 2.44. The Kier molecular flexibility index (Phi) is 19.2. The third kappa shape index (κ3) is 12.9. The third-order valence-electron chi connectivity index (χ3n) is 14.5. The summed E-state index contributed by atoms with van der Waals surface area (Å²) in [6, 6.07) is 0. The second-order valence-electron chi connectivity index (χ2n) is 19.0. The molecule has 0 aromatic carbocycles. The first-order chi connectivity index (χ1) is 29.5. The molecule has 15 heteroatoms. The molecular weight excluding hydrogens is 817 g/mol. The van der Waals surface area contributed by atoms with Gasteiger partial charge in [0.25, 0.3) is 0 Å². The molecule has 4 rings (SSSR count). The number of aliphatic hydroxyl groups excluding tert-OH is 5. The quantitative estimate of drug-likeness (QED) is 0.136. The summed E-state index contributed by atoms with van der Waals surface area (Å²) in [5, 5.41) is 78.6. The number of rotatable bonds is 12. The van der Waals surface area contributed by atoms with Crippen molar-refractivity contribution in [3.8, 4) is 0 Å². The van der Waals surface area contributed by atoms with Gasteiger partial charge in [-0.1, -0.05) is 91.8 Å². The minimum absolute atomic E-state index is 0.0148. The lowest BCUT2D eigenvalue weighted by Gasteiger charge is -2.50. The SMILES string of the molecule is CCC1[C@H](O)C[C@](O)([C@@H](C)[C@H](O)[C@H](C)[C@H]2OC(=O)/C=C/C=C/[C@H](C)[C@@H]([C@@H](C)[C@@H](O)[C@H](C)[C@@]3(O)C[C@@H](OC4CC(O)C(O)C(C)O4)[C@H](CC)[C@@H](C)O3)OC(=O)/C=C/C=C/[C@@H]2C)O[C@@H]1C. The normalized spacial score (nSPS) is 44.7. The number of cyclic esters (lactones) is 2. The second kappa shape index (κ2) is 22.8. The Hall–Kier alpha value is -2.54. The van der Waals surface area contributed by atoms with Crippen LogP contribution in [0.3, 0.4) is 0 Å². The first-order valence-corrected chi connectivity index (χ1v) is 23.1. The molecule has 0 saturated carbocycles. The van der Waals surface area contributed by atoms with Gasteiger partial charge in [0.2, 0.25) is 0 Å². The van der Waals surface area contributed by atoms with Crippen LogP contribution >= 0.6 is 0 Å². The van der Waals surface area contributed by atoms with E-state index in [0.717, 1.165) is 0 Å². The van der Waals surface area contributed by atoms with Crippen molar-refractivity contribution >= 4 is 11.9 Å². The monoisotopic (exact) mass is 895 g/mol. The van der Waals surface area contributed by atoms with Crippen molar-refractivity contribution in [3.63, 3.8) is 0 Å². The molecule has 63 heavy (non-hydrogen) atoms. The van der Waals surface area contributed by atoms with E-state index < -0.39 is 132 Å². The Morgan fingerprint density at radius 1 is 0.667 bits per heavy atom. The van der Waals surface area contributed by atoms with Crippen LogP contribution in [0, 0.1) is 47.3 Å². The molecule has 0 aromatic heterocycles. The van der Waals surface area contributed by atoms with Crippen LogP contribution in [-0.2, 0) is 38.0 Å². The van der Waals surface area contributed by atoms with Gasteiger partial charge >= 0.3 is 11.9 Å². The highest BCUT2D eigenvalue weighted by atomic mass is 16.7. The minimum atomic E-state index is -1.86. The predicted molar refractivity (Wildman–Crippen MR) is 233 cm³/mol. The molecule has 0 aromatic rings. The third-order valence-corrected chi connectivity index (χ3v) is 14.5. The van der Waals surface area contributed by atoms with Gasteiger partial charge in [0, 0.05) is 78.8 Å². The van der Waals surface area contributed by atoms with Gasteiger partial charge in [0.05, 0.1) is 48.8 Å². The molecule has 3 fully saturated rings. The van der Waals surface area contributed by atoms with E-state index >= 15 is 0 Å². The Balaban J connectivity index is 1.50. The molecule has 0 bridgehead atoms. The standard InChI is InChI=1S/C48H78O15/c1-12-34-31(9)62-47(56,23-37(34)50)29(7)42(53)27(5)45-25(3)18-14-16-21-40(52)61-46(26(4)19-15-17-20-39(51)60-45)28(6)43(54)30(8)48(57)24-38(35(13-2)32(10)63-48)59-41-22-36(49)44(55)33(11)58-41/h14-21,25-38,41-46,49-50,53-57H,12-13,22-24H2,1-11H3/b18-14+,19-15+,20-17+,21-16+/t25-,26-,27-,28-,29-,30-,31+,32+,33?,34?,35+,36?,37+,38+,41?,42+,43+,44?,45-,46-,47+,48+/m0/s1. The van der Waals surface area contributed by atoms with Gasteiger partial charge in [-0.25, -0.2) is 9.59 Å². The van der Waals surface area contributed by atoms with Crippen molar-refractivity contribution in [2.24, 2.45) is 47.3 Å². The fraction of sp³-hybridized carbons (Fsp3) is 0.792. The minimum Gasteiger partial charge on any atom is -0.458 e. The maximum atomic E-state index is 13.4. The molecule has 0 amide bonds. The Morgan fingerprint density at radius 3 is 1.54 bits per heavy atom. The molecule has 4 aliphatic rings. The summed E-state index contributed by atoms with van der Waals surface area (Å²) in [6.07, 6.45) is 3.31. The number of carbonyl (C=O) groups excluding carboxylic acids is 2. The van der Waals surface area contributed by atoms with Crippen LogP contribution in [0.25, 0.3) is 0 Å². The molecule has 22 atom stereocenters. The average molecular weight is 895 g/mol. The number of allylic oxidation sites excluding steroid dienone is 4. The van der Waals surface area contributed by atoms with Crippen molar-refractivity contribution in [1.29, 1.82) is 0 Å². The zero-order chi connectivity index (χ0) is 47.1. The summed E-state index contributed by atoms with van der Waals surface area (Å²) < 4.78 is 36.4. The van der Waals surface area contributed by atoms with E-state index in [9.17, 15) is 45.3 Å². The van der Waals surface area contributed by atoms with E-state index in [1.54, 1.807) is 79.7 Å². The van der Waals surface area contributed by atoms with E-state index in [4.69, 9.17) is 28.4 Å². The molecular formula is C48H78O15. The van der Waals surface area contributed by atoms with Gasteiger partial charge in [0.1, 0.15) is 18.3 Å². The Bertz CT molecular complexity index is 1570. The molecule has 4 heterocycles. The molecule has 5 unspecified atom stereocenters. The zero-order valence-corrected chi connectivity index (χ0v) is 39.1. The van der Waals surface area contributed by atoms with Crippen LogP contribution < -0.4 is 0 Å². The summed E-state index contributed by atoms with van der Waals surface area (Å²) in [6.45, 7) is 19.6. The topological polar surface area (TPSA) is 231 Å². The van der Waals surface area contributed by atoms with Gasteiger partial charge in [-0.05, 0) is 33.6 Å². The summed E-state index contributed by atoms with van der Waals surface area (Å²) in [7, 11) is 0. The summed E-state index contributed by atoms with van der Waals surface area (Å²) >= 11 is 0. The number of aliphatic hydroxyl groups is 7. The lowest BCUT2D eigenvalue weighted by molar-refractivity contribution is -0.344. The number of hydrogen-bond donors (Lipinski definition) is 7. The molecule has 3 saturated heterocycles. The van der Waals surface area contributed by atoms with Crippen molar-refractivity contribution < 1.29 is 73.8 Å². The van der Waals surface area contributed by atoms with E-state index in [1.807, 2.05) is 20.8 Å². The fourth-order valence-corrected chi connectivity index (χ4v) is 10.2. The molecule has 4 aliphatic heterocycles. The van der Waals surface area contributed by atoms with Gasteiger partial charge in [-0.3, -0.25) is 0 Å². The number of hydrogen-bond acceptors (Lipinski definition) is 15. The summed E-state index contributed by atoms with van der Waals surface area (Å²) in [5.74, 6) is -9.49. The highest BCUT2D eigenvalue weighted by Gasteiger charge is 2.53. The van der Waals surface area contributed by atoms with Gasteiger partial charge in [0.15, 0.2) is 17.9 Å².